The molecule has 0 bridgehead atoms. The highest BCUT2D eigenvalue weighted by Gasteiger charge is 2.25. The van der Waals surface area contributed by atoms with Gasteiger partial charge in [0.1, 0.15) is 17.5 Å². The standard InChI is InChI=1S/C15H19N7O/c16-8-12-9-18-15(19-14(12)17)21-4-1-2-11(10-21)13-3-5-22(20-13)6-7-23/h3,5,9,11,23H,1-2,4,6-7,10H2,(H2,17,18,19). The minimum atomic E-state index is 0.0796. The number of nitriles is 1. The Kier molecular flexibility index (Phi) is 4.39. The maximum absolute atomic E-state index is 8.98. The highest BCUT2D eigenvalue weighted by Crippen LogP contribution is 2.28. The van der Waals surface area contributed by atoms with E-state index in [2.05, 4.69) is 20.0 Å². The molecule has 23 heavy (non-hydrogen) atoms. The quantitative estimate of drug-likeness (QED) is 0.844. The van der Waals surface area contributed by atoms with Crippen molar-refractivity contribution < 1.29 is 5.11 Å². The first kappa shape index (κ1) is 15.2. The van der Waals surface area contributed by atoms with Crippen molar-refractivity contribution in [1.29, 1.82) is 5.26 Å². The third kappa shape index (κ3) is 3.24. The minimum Gasteiger partial charge on any atom is -0.394 e. The molecule has 0 saturated carbocycles. The van der Waals surface area contributed by atoms with Gasteiger partial charge in [-0.05, 0) is 18.9 Å². The van der Waals surface area contributed by atoms with Gasteiger partial charge < -0.3 is 15.7 Å². The van der Waals surface area contributed by atoms with E-state index in [-0.39, 0.29) is 12.4 Å². The Morgan fingerprint density at radius 2 is 2.35 bits per heavy atom. The summed E-state index contributed by atoms with van der Waals surface area (Å²) in [6.07, 6.45) is 5.43. The molecule has 1 aliphatic heterocycles. The first-order valence-corrected chi connectivity index (χ1v) is 7.63. The number of aliphatic hydroxyl groups excluding tert-OH is 1. The number of nitrogen functional groups attached to an aromatic ring is 1. The Labute approximate surface area is 134 Å². The number of anilines is 2. The second-order valence-corrected chi connectivity index (χ2v) is 5.59. The summed E-state index contributed by atoms with van der Waals surface area (Å²) < 4.78 is 1.75. The number of rotatable bonds is 4. The van der Waals surface area contributed by atoms with E-state index in [0.717, 1.165) is 31.6 Å². The summed E-state index contributed by atoms with van der Waals surface area (Å²) in [5.41, 5.74) is 7.10. The van der Waals surface area contributed by atoms with Gasteiger partial charge in [-0.1, -0.05) is 0 Å². The lowest BCUT2D eigenvalue weighted by Crippen LogP contribution is -2.36. The molecule has 2 aromatic heterocycles. The Morgan fingerprint density at radius 1 is 1.48 bits per heavy atom. The van der Waals surface area contributed by atoms with E-state index in [4.69, 9.17) is 16.1 Å². The van der Waals surface area contributed by atoms with E-state index in [1.54, 1.807) is 4.68 Å². The molecule has 0 radical (unpaired) electrons. The summed E-state index contributed by atoms with van der Waals surface area (Å²) >= 11 is 0. The van der Waals surface area contributed by atoms with Crippen molar-refractivity contribution in [3.8, 4) is 6.07 Å². The molecule has 0 aliphatic carbocycles. The second kappa shape index (κ2) is 6.62. The molecule has 120 valence electrons. The van der Waals surface area contributed by atoms with E-state index in [1.165, 1.54) is 6.20 Å². The van der Waals surface area contributed by atoms with Crippen molar-refractivity contribution in [3.63, 3.8) is 0 Å². The van der Waals surface area contributed by atoms with Crippen LogP contribution in [0, 0.1) is 11.3 Å². The largest absolute Gasteiger partial charge is 0.394 e. The molecule has 0 aromatic carbocycles. The average Bonchev–Trinajstić information content (AvgIpc) is 3.04. The second-order valence-electron chi connectivity index (χ2n) is 5.59. The smallest absolute Gasteiger partial charge is 0.227 e. The Balaban J connectivity index is 1.75. The highest BCUT2D eigenvalue weighted by molar-refractivity contribution is 5.50. The molecule has 8 nitrogen and oxygen atoms in total. The van der Waals surface area contributed by atoms with E-state index in [1.807, 2.05) is 18.3 Å². The fourth-order valence-electron chi connectivity index (χ4n) is 2.85. The summed E-state index contributed by atoms with van der Waals surface area (Å²) in [4.78, 5) is 10.6. The van der Waals surface area contributed by atoms with Crippen molar-refractivity contribution in [2.24, 2.45) is 0 Å². The van der Waals surface area contributed by atoms with Crippen LogP contribution >= 0.6 is 0 Å². The van der Waals surface area contributed by atoms with Crippen LogP contribution in [-0.2, 0) is 6.54 Å². The van der Waals surface area contributed by atoms with Gasteiger partial charge >= 0.3 is 0 Å². The topological polar surface area (TPSA) is 117 Å². The molecule has 0 spiro atoms. The fourth-order valence-corrected chi connectivity index (χ4v) is 2.85. The molecule has 0 amide bonds. The normalized spacial score (nSPS) is 17.9. The lowest BCUT2D eigenvalue weighted by atomic mass is 9.95. The van der Waals surface area contributed by atoms with E-state index in [9.17, 15) is 0 Å². The lowest BCUT2D eigenvalue weighted by molar-refractivity contribution is 0.268. The van der Waals surface area contributed by atoms with Crippen LogP contribution in [0.5, 0.6) is 0 Å². The molecule has 1 atom stereocenters. The summed E-state index contributed by atoms with van der Waals surface area (Å²) in [6, 6.07) is 3.97. The molecular formula is C15H19N7O. The predicted octanol–water partition coefficient (Wildman–Crippen LogP) is 0.503. The van der Waals surface area contributed by atoms with E-state index < -0.39 is 0 Å². The summed E-state index contributed by atoms with van der Waals surface area (Å²) in [5, 5.41) is 22.4. The van der Waals surface area contributed by atoms with Crippen LogP contribution in [-0.4, -0.2) is 44.6 Å². The van der Waals surface area contributed by atoms with Crippen LogP contribution in [0.15, 0.2) is 18.5 Å². The Hall–Kier alpha value is -2.66. The third-order valence-electron chi connectivity index (χ3n) is 4.04. The van der Waals surface area contributed by atoms with Crippen LogP contribution in [0.3, 0.4) is 0 Å². The average molecular weight is 313 g/mol. The summed E-state index contributed by atoms with van der Waals surface area (Å²) in [7, 11) is 0. The molecule has 1 saturated heterocycles. The van der Waals surface area contributed by atoms with Gasteiger partial charge in [-0.3, -0.25) is 4.68 Å². The van der Waals surface area contributed by atoms with Gasteiger partial charge in [0.05, 0.1) is 25.0 Å². The van der Waals surface area contributed by atoms with Gasteiger partial charge in [-0.15, -0.1) is 0 Å². The number of nitrogens with two attached hydrogens (primary N) is 1. The predicted molar refractivity (Wildman–Crippen MR) is 84.7 cm³/mol. The molecule has 3 rings (SSSR count). The number of hydrogen-bond acceptors (Lipinski definition) is 7. The molecule has 2 aromatic rings. The zero-order valence-corrected chi connectivity index (χ0v) is 12.8. The van der Waals surface area contributed by atoms with E-state index in [0.29, 0.717) is 24.0 Å². The lowest BCUT2D eigenvalue weighted by Gasteiger charge is -2.32. The van der Waals surface area contributed by atoms with Gasteiger partial charge in [-0.2, -0.15) is 15.3 Å². The van der Waals surface area contributed by atoms with Crippen LogP contribution in [0.25, 0.3) is 0 Å². The molecule has 1 aliphatic rings. The first-order valence-electron chi connectivity index (χ1n) is 7.63. The molecule has 1 unspecified atom stereocenters. The van der Waals surface area contributed by atoms with Crippen molar-refractivity contribution in [2.75, 3.05) is 30.3 Å². The van der Waals surface area contributed by atoms with Gasteiger partial charge in [0.15, 0.2) is 0 Å². The monoisotopic (exact) mass is 313 g/mol. The molecule has 3 N–H and O–H groups in total. The zero-order valence-electron chi connectivity index (χ0n) is 12.8. The highest BCUT2D eigenvalue weighted by atomic mass is 16.3. The van der Waals surface area contributed by atoms with Gasteiger partial charge in [0, 0.05) is 25.2 Å². The van der Waals surface area contributed by atoms with Crippen molar-refractivity contribution in [3.05, 3.63) is 29.7 Å². The molecular weight excluding hydrogens is 294 g/mol. The number of hydrogen-bond donors (Lipinski definition) is 2. The number of piperidine rings is 1. The summed E-state index contributed by atoms with van der Waals surface area (Å²) in [6.45, 7) is 2.21. The number of aliphatic hydroxyl groups is 1. The van der Waals surface area contributed by atoms with Gasteiger partial charge in [0.2, 0.25) is 5.95 Å². The minimum absolute atomic E-state index is 0.0796. The third-order valence-corrected chi connectivity index (χ3v) is 4.04. The maximum Gasteiger partial charge on any atom is 0.227 e. The zero-order chi connectivity index (χ0) is 16.2. The van der Waals surface area contributed by atoms with E-state index >= 15 is 0 Å². The van der Waals surface area contributed by atoms with Crippen molar-refractivity contribution >= 4 is 11.8 Å². The first-order chi connectivity index (χ1) is 11.2. The molecule has 8 heteroatoms. The summed E-state index contributed by atoms with van der Waals surface area (Å²) in [5.74, 6) is 1.07. The van der Waals surface area contributed by atoms with Gasteiger partial charge in [-0.25, -0.2) is 4.98 Å². The van der Waals surface area contributed by atoms with Gasteiger partial charge in [0.25, 0.3) is 0 Å². The van der Waals surface area contributed by atoms with Crippen LogP contribution < -0.4 is 10.6 Å². The fraction of sp³-hybridized carbons (Fsp3) is 0.467. The molecule has 1 fully saturated rings. The SMILES string of the molecule is N#Cc1cnc(N2CCCC(c3ccn(CCO)n3)C2)nc1N. The molecule has 3 heterocycles. The van der Waals surface area contributed by atoms with Crippen LogP contribution in [0.2, 0.25) is 0 Å². The van der Waals surface area contributed by atoms with Crippen molar-refractivity contribution in [1.82, 2.24) is 19.7 Å². The Bertz CT molecular complexity index is 721. The number of aromatic nitrogens is 4. The Morgan fingerprint density at radius 3 is 3.09 bits per heavy atom. The van der Waals surface area contributed by atoms with Crippen LogP contribution in [0.1, 0.15) is 30.0 Å². The van der Waals surface area contributed by atoms with Crippen molar-refractivity contribution in [2.45, 2.75) is 25.3 Å². The van der Waals surface area contributed by atoms with Crippen LogP contribution in [0.4, 0.5) is 11.8 Å². The number of nitrogens with zero attached hydrogens (tertiary/aromatic N) is 6. The maximum atomic E-state index is 8.98.